The van der Waals surface area contributed by atoms with E-state index in [0.29, 0.717) is 18.7 Å². The number of fused-ring (bicyclic) bond motifs is 1. The van der Waals surface area contributed by atoms with Crippen LogP contribution in [0.15, 0.2) is 24.5 Å². The molecule has 110 valence electrons. The summed E-state index contributed by atoms with van der Waals surface area (Å²) in [6, 6.07) is 3.45. The maximum Gasteiger partial charge on any atom is 0.328 e. The number of hydrogen-bond donors (Lipinski definition) is 2. The van der Waals surface area contributed by atoms with Gasteiger partial charge in [0.15, 0.2) is 0 Å². The zero-order chi connectivity index (χ0) is 14.8. The van der Waals surface area contributed by atoms with Crippen LogP contribution >= 0.6 is 0 Å². The molecule has 1 fully saturated rings. The highest BCUT2D eigenvalue weighted by Crippen LogP contribution is 2.23. The Hall–Kier alpha value is -2.41. The smallest absolute Gasteiger partial charge is 0.328 e. The van der Waals surface area contributed by atoms with Crippen molar-refractivity contribution in [3.8, 4) is 0 Å². The molecule has 2 aromatic rings. The number of amides is 3. The summed E-state index contributed by atoms with van der Waals surface area (Å²) in [5.74, 6) is -0.251. The Morgan fingerprint density at radius 1 is 1.33 bits per heavy atom. The second-order valence-electron chi connectivity index (χ2n) is 4.98. The molecule has 0 atom stereocenters. The van der Waals surface area contributed by atoms with Gasteiger partial charge in [0.25, 0.3) is 0 Å². The molecule has 3 amide bonds. The number of carbonyl (C=O) groups excluding carboxylic acids is 2. The van der Waals surface area contributed by atoms with Gasteiger partial charge < -0.3 is 5.11 Å². The minimum absolute atomic E-state index is 0.157. The zero-order valence-corrected chi connectivity index (χ0v) is 11.5. The topological polar surface area (TPSA) is 86.9 Å². The minimum atomic E-state index is -0.412. The van der Waals surface area contributed by atoms with Crippen LogP contribution in [0.4, 0.5) is 10.5 Å². The number of aliphatic hydroxyl groups excluding tert-OH is 1. The lowest BCUT2D eigenvalue weighted by Crippen LogP contribution is -2.49. The van der Waals surface area contributed by atoms with E-state index in [-0.39, 0.29) is 18.9 Å². The number of pyridine rings is 1. The molecule has 7 nitrogen and oxygen atoms in total. The third kappa shape index (κ3) is 2.59. The molecule has 1 aliphatic heterocycles. The van der Waals surface area contributed by atoms with Gasteiger partial charge in [-0.25, -0.2) is 9.31 Å². The van der Waals surface area contributed by atoms with Gasteiger partial charge in [-0.1, -0.05) is 6.07 Å². The molecule has 21 heavy (non-hydrogen) atoms. The van der Waals surface area contributed by atoms with Gasteiger partial charge >= 0.3 is 6.03 Å². The number of aromatic nitrogens is 2. The van der Waals surface area contributed by atoms with Crippen LogP contribution in [0.3, 0.4) is 0 Å². The van der Waals surface area contributed by atoms with Crippen molar-refractivity contribution in [2.45, 2.75) is 19.3 Å². The second kappa shape index (κ2) is 5.53. The van der Waals surface area contributed by atoms with Gasteiger partial charge in [-0.05, 0) is 24.5 Å². The summed E-state index contributed by atoms with van der Waals surface area (Å²) >= 11 is 0. The van der Waals surface area contributed by atoms with Crippen LogP contribution in [0.1, 0.15) is 18.4 Å². The molecule has 1 saturated heterocycles. The van der Waals surface area contributed by atoms with Crippen molar-refractivity contribution >= 4 is 23.1 Å². The van der Waals surface area contributed by atoms with E-state index in [1.807, 2.05) is 18.3 Å². The summed E-state index contributed by atoms with van der Waals surface area (Å²) in [7, 11) is 0. The second-order valence-corrected chi connectivity index (χ2v) is 4.98. The average molecular weight is 288 g/mol. The number of nitrogens with zero attached hydrogens (tertiary/aromatic N) is 3. The lowest BCUT2D eigenvalue weighted by atomic mass is 10.1. The third-order valence-corrected chi connectivity index (χ3v) is 3.53. The molecule has 0 spiro atoms. The Kier molecular flexibility index (Phi) is 3.57. The minimum Gasteiger partial charge on any atom is -0.396 e. The molecule has 0 bridgehead atoms. The molecule has 2 N–H and O–H groups in total. The van der Waals surface area contributed by atoms with Gasteiger partial charge in [0.1, 0.15) is 0 Å². The highest BCUT2D eigenvalue weighted by atomic mass is 16.3. The lowest BCUT2D eigenvalue weighted by molar-refractivity contribution is -0.120. The van der Waals surface area contributed by atoms with Crippen molar-refractivity contribution in [1.29, 1.82) is 0 Å². The Morgan fingerprint density at radius 3 is 2.95 bits per heavy atom. The van der Waals surface area contributed by atoms with Crippen LogP contribution in [0.25, 0.3) is 5.52 Å². The molecular formula is C14H16N4O3. The Morgan fingerprint density at radius 2 is 2.19 bits per heavy atom. The monoisotopic (exact) mass is 288 g/mol. The van der Waals surface area contributed by atoms with Gasteiger partial charge in [0, 0.05) is 25.8 Å². The zero-order valence-electron chi connectivity index (χ0n) is 11.5. The number of carbonyl (C=O) groups is 2. The van der Waals surface area contributed by atoms with Crippen LogP contribution in [0.2, 0.25) is 0 Å². The van der Waals surface area contributed by atoms with Crippen molar-refractivity contribution in [2.24, 2.45) is 0 Å². The van der Waals surface area contributed by atoms with Crippen LogP contribution in [0.5, 0.6) is 0 Å². The molecule has 0 aliphatic carbocycles. The van der Waals surface area contributed by atoms with Crippen molar-refractivity contribution < 1.29 is 14.7 Å². The standard InChI is InChI=1S/C14H16N4O3/c19-7-1-2-10-3-4-11-12(8-15-18(11)9-10)17-6-5-13(20)16-14(17)21/h3-4,8-9,19H,1-2,5-7H2,(H,16,20,21). The lowest BCUT2D eigenvalue weighted by Gasteiger charge is -2.25. The summed E-state index contributed by atoms with van der Waals surface area (Å²) < 4.78 is 1.71. The van der Waals surface area contributed by atoms with E-state index < -0.39 is 6.03 Å². The third-order valence-electron chi connectivity index (χ3n) is 3.53. The highest BCUT2D eigenvalue weighted by Gasteiger charge is 2.26. The fourth-order valence-electron chi connectivity index (χ4n) is 2.45. The van der Waals surface area contributed by atoms with Crippen molar-refractivity contribution in [2.75, 3.05) is 18.1 Å². The number of anilines is 1. The predicted octanol–water partition coefficient (Wildman–Crippen LogP) is 0.705. The number of nitrogens with one attached hydrogen (secondary N) is 1. The summed E-state index contributed by atoms with van der Waals surface area (Å²) in [6.07, 6.45) is 5.29. The van der Waals surface area contributed by atoms with E-state index in [1.54, 1.807) is 10.7 Å². The van der Waals surface area contributed by atoms with Crippen LogP contribution in [-0.4, -0.2) is 39.8 Å². The largest absolute Gasteiger partial charge is 0.396 e. The first-order valence-corrected chi connectivity index (χ1v) is 6.87. The van der Waals surface area contributed by atoms with Gasteiger partial charge in [-0.3, -0.25) is 15.0 Å². The van der Waals surface area contributed by atoms with Crippen LogP contribution < -0.4 is 10.2 Å². The Bertz CT molecular complexity index is 695. The van der Waals surface area contributed by atoms with Gasteiger partial charge in [0.05, 0.1) is 17.4 Å². The summed E-state index contributed by atoms with van der Waals surface area (Å²) in [5.41, 5.74) is 2.57. The summed E-state index contributed by atoms with van der Waals surface area (Å²) in [4.78, 5) is 24.6. The van der Waals surface area contributed by atoms with E-state index in [4.69, 9.17) is 5.11 Å². The molecule has 3 rings (SSSR count). The molecule has 0 aromatic carbocycles. The van der Waals surface area contributed by atoms with E-state index in [2.05, 4.69) is 10.4 Å². The Labute approximate surface area is 121 Å². The molecule has 3 heterocycles. The number of urea groups is 1. The van der Waals surface area contributed by atoms with Crippen molar-refractivity contribution in [3.63, 3.8) is 0 Å². The predicted molar refractivity (Wildman–Crippen MR) is 76.1 cm³/mol. The fraction of sp³-hybridized carbons (Fsp3) is 0.357. The van der Waals surface area contributed by atoms with Gasteiger partial charge in [0.2, 0.25) is 5.91 Å². The normalized spacial score (nSPS) is 15.6. The maximum absolute atomic E-state index is 11.9. The first-order chi connectivity index (χ1) is 10.2. The SMILES string of the molecule is O=C1CCN(c2cnn3cc(CCCO)ccc23)C(=O)N1. The first kappa shape index (κ1) is 13.6. The van der Waals surface area contributed by atoms with Gasteiger partial charge in [-0.2, -0.15) is 5.10 Å². The molecule has 0 saturated carbocycles. The Balaban J connectivity index is 1.90. The molecule has 7 heteroatoms. The molecule has 0 radical (unpaired) electrons. The molecule has 0 unspecified atom stereocenters. The van der Waals surface area contributed by atoms with Crippen LogP contribution in [-0.2, 0) is 11.2 Å². The van der Waals surface area contributed by atoms with E-state index in [9.17, 15) is 9.59 Å². The quantitative estimate of drug-likeness (QED) is 0.867. The van der Waals surface area contributed by atoms with Gasteiger partial charge in [-0.15, -0.1) is 0 Å². The molecule has 2 aromatic heterocycles. The number of aryl methyl sites for hydroxylation is 1. The number of aliphatic hydroxyl groups is 1. The summed E-state index contributed by atoms with van der Waals surface area (Å²) in [6.45, 7) is 0.517. The van der Waals surface area contributed by atoms with E-state index in [1.165, 1.54) is 4.90 Å². The number of imide groups is 1. The highest BCUT2D eigenvalue weighted by molar-refractivity contribution is 6.07. The maximum atomic E-state index is 11.9. The number of hydrogen-bond acceptors (Lipinski definition) is 4. The van der Waals surface area contributed by atoms with Crippen molar-refractivity contribution in [1.82, 2.24) is 14.9 Å². The number of rotatable bonds is 4. The molecule has 1 aliphatic rings. The summed E-state index contributed by atoms with van der Waals surface area (Å²) in [5, 5.41) is 15.4. The van der Waals surface area contributed by atoms with E-state index in [0.717, 1.165) is 17.5 Å². The first-order valence-electron chi connectivity index (χ1n) is 6.87. The fourth-order valence-corrected chi connectivity index (χ4v) is 2.45. The van der Waals surface area contributed by atoms with Crippen LogP contribution in [0, 0.1) is 0 Å². The average Bonchev–Trinajstić information content (AvgIpc) is 2.88. The van der Waals surface area contributed by atoms with Crippen molar-refractivity contribution in [3.05, 3.63) is 30.1 Å². The molecular weight excluding hydrogens is 272 g/mol. The van der Waals surface area contributed by atoms with E-state index >= 15 is 0 Å².